The number of nitrogens with zero attached hydrogens (tertiary/aromatic N) is 2. The second kappa shape index (κ2) is 9.19. The molecule has 0 radical (unpaired) electrons. The van der Waals surface area contributed by atoms with Crippen LogP contribution in [0.1, 0.15) is 12.5 Å². The second-order valence-electron chi connectivity index (χ2n) is 8.63. The Hall–Kier alpha value is -3.45. The zero-order valence-corrected chi connectivity index (χ0v) is 18.5. The Morgan fingerprint density at radius 1 is 1.33 bits per heavy atom. The summed E-state index contributed by atoms with van der Waals surface area (Å²) in [5.74, 6) is -0.792. The van der Waals surface area contributed by atoms with E-state index in [-0.39, 0.29) is 19.1 Å². The van der Waals surface area contributed by atoms with E-state index in [2.05, 4.69) is 16.7 Å². The SMILES string of the molecule is Cn1c(=O)oc2ccc(-c3ccc(C[C@@H](C#N)NC(=O)[C@@H]4CNC[C@@](C)(O)CO4)cc3)cc21. The van der Waals surface area contributed by atoms with E-state index in [4.69, 9.17) is 9.15 Å². The Bertz CT molecular complexity index is 1250. The molecule has 1 amide bonds. The maximum Gasteiger partial charge on any atom is 0.419 e. The molecule has 1 fully saturated rings. The number of nitriles is 1. The van der Waals surface area contributed by atoms with Gasteiger partial charge in [0.15, 0.2) is 5.58 Å². The normalized spacial score (nSPS) is 21.8. The number of amides is 1. The number of oxazole rings is 1. The summed E-state index contributed by atoms with van der Waals surface area (Å²) in [6.07, 6.45) is -0.429. The number of carbonyl (C=O) groups excluding carboxylic acids is 1. The lowest BCUT2D eigenvalue weighted by atomic mass is 10.0. The van der Waals surface area contributed by atoms with E-state index in [0.717, 1.165) is 16.7 Å². The predicted octanol–water partition coefficient (Wildman–Crippen LogP) is 1.09. The molecule has 2 aromatic carbocycles. The van der Waals surface area contributed by atoms with E-state index >= 15 is 0 Å². The standard InChI is InChI=1S/C24H26N4O5/c1-24(31)13-26-12-21(32-14-24)22(29)27-18(11-25)9-15-3-5-16(6-4-15)17-7-8-20-19(10-17)28(2)23(30)33-20/h3-8,10,18,21,26,31H,9,12-14H2,1-2H3,(H,27,29)/t18-,21-,24+/m0/s1. The molecule has 0 spiro atoms. The number of nitrogens with one attached hydrogen (secondary N) is 2. The van der Waals surface area contributed by atoms with Gasteiger partial charge in [-0.3, -0.25) is 9.36 Å². The van der Waals surface area contributed by atoms with Gasteiger partial charge in [-0.2, -0.15) is 5.26 Å². The van der Waals surface area contributed by atoms with Crippen LogP contribution in [0.3, 0.4) is 0 Å². The van der Waals surface area contributed by atoms with Crippen molar-refractivity contribution in [2.75, 3.05) is 19.7 Å². The van der Waals surface area contributed by atoms with Crippen molar-refractivity contribution in [3.63, 3.8) is 0 Å². The number of aryl methyl sites for hydroxylation is 1. The molecular formula is C24H26N4O5. The fourth-order valence-corrected chi connectivity index (χ4v) is 3.80. The van der Waals surface area contributed by atoms with Gasteiger partial charge < -0.3 is 24.9 Å². The average molecular weight is 450 g/mol. The zero-order chi connectivity index (χ0) is 23.6. The maximum absolute atomic E-state index is 12.6. The van der Waals surface area contributed by atoms with Gasteiger partial charge in [-0.25, -0.2) is 4.79 Å². The lowest BCUT2D eigenvalue weighted by Gasteiger charge is -2.21. The van der Waals surface area contributed by atoms with Crippen LogP contribution >= 0.6 is 0 Å². The first-order chi connectivity index (χ1) is 15.8. The Kier molecular flexibility index (Phi) is 6.33. The molecule has 9 nitrogen and oxygen atoms in total. The van der Waals surface area contributed by atoms with Crippen LogP contribution in [0.15, 0.2) is 51.7 Å². The third-order valence-corrected chi connectivity index (χ3v) is 5.71. The van der Waals surface area contributed by atoms with Crippen LogP contribution < -0.4 is 16.4 Å². The largest absolute Gasteiger partial charge is 0.419 e. The van der Waals surface area contributed by atoms with Gasteiger partial charge in [0.05, 0.1) is 23.8 Å². The topological polar surface area (TPSA) is 130 Å². The van der Waals surface area contributed by atoms with Crippen molar-refractivity contribution in [1.82, 2.24) is 15.2 Å². The minimum atomic E-state index is -1.04. The van der Waals surface area contributed by atoms with E-state index in [0.29, 0.717) is 24.1 Å². The number of rotatable bonds is 5. The van der Waals surface area contributed by atoms with Crippen LogP contribution in [0, 0.1) is 11.3 Å². The van der Waals surface area contributed by atoms with Gasteiger partial charge in [0.2, 0.25) is 0 Å². The highest BCUT2D eigenvalue weighted by molar-refractivity contribution is 5.82. The minimum absolute atomic E-state index is 0.0372. The van der Waals surface area contributed by atoms with E-state index in [1.54, 1.807) is 20.0 Å². The summed E-state index contributed by atoms with van der Waals surface area (Å²) >= 11 is 0. The number of aliphatic hydroxyl groups is 1. The van der Waals surface area contributed by atoms with Crippen molar-refractivity contribution < 1.29 is 19.1 Å². The Labute approximate surface area is 190 Å². The van der Waals surface area contributed by atoms with Crippen molar-refractivity contribution in [2.45, 2.75) is 31.1 Å². The number of aromatic nitrogens is 1. The van der Waals surface area contributed by atoms with Gasteiger partial charge in [0.1, 0.15) is 12.1 Å². The number of fused-ring (bicyclic) bond motifs is 1. The third kappa shape index (κ3) is 5.14. The highest BCUT2D eigenvalue weighted by atomic mass is 16.5. The minimum Gasteiger partial charge on any atom is -0.408 e. The van der Waals surface area contributed by atoms with E-state index in [1.165, 1.54) is 4.57 Å². The van der Waals surface area contributed by atoms with Crippen LogP contribution in [-0.2, 0) is 23.0 Å². The highest BCUT2D eigenvalue weighted by Gasteiger charge is 2.30. The van der Waals surface area contributed by atoms with Crippen molar-refractivity contribution >= 4 is 17.0 Å². The van der Waals surface area contributed by atoms with E-state index in [9.17, 15) is 20.0 Å². The number of hydrogen-bond donors (Lipinski definition) is 3. The zero-order valence-electron chi connectivity index (χ0n) is 18.5. The van der Waals surface area contributed by atoms with Crippen LogP contribution in [0.4, 0.5) is 0 Å². The molecule has 2 heterocycles. The molecule has 0 saturated carbocycles. The van der Waals surface area contributed by atoms with Gasteiger partial charge in [-0.05, 0) is 35.7 Å². The van der Waals surface area contributed by atoms with E-state index in [1.807, 2.05) is 36.4 Å². The summed E-state index contributed by atoms with van der Waals surface area (Å²) in [6, 6.07) is 14.6. The van der Waals surface area contributed by atoms with E-state index < -0.39 is 23.5 Å². The molecular weight excluding hydrogens is 424 g/mol. The van der Waals surface area contributed by atoms with Crippen molar-refractivity contribution in [3.8, 4) is 17.2 Å². The Morgan fingerprint density at radius 2 is 2.06 bits per heavy atom. The van der Waals surface area contributed by atoms with Crippen molar-refractivity contribution in [2.24, 2.45) is 7.05 Å². The molecule has 0 bridgehead atoms. The summed E-state index contributed by atoms with van der Waals surface area (Å²) < 4.78 is 12.2. The molecule has 3 N–H and O–H groups in total. The van der Waals surface area contributed by atoms with Gasteiger partial charge in [-0.15, -0.1) is 0 Å². The highest BCUT2D eigenvalue weighted by Crippen LogP contribution is 2.24. The van der Waals surface area contributed by atoms with Crippen LogP contribution in [0.2, 0.25) is 0 Å². The first-order valence-corrected chi connectivity index (χ1v) is 10.7. The fourth-order valence-electron chi connectivity index (χ4n) is 3.80. The Balaban J connectivity index is 1.41. The number of benzene rings is 2. The summed E-state index contributed by atoms with van der Waals surface area (Å²) in [7, 11) is 1.66. The molecule has 3 aromatic rings. The molecule has 172 valence electrons. The van der Waals surface area contributed by atoms with Gasteiger partial charge >= 0.3 is 5.76 Å². The number of β-amino-alcohol motifs (C(OH)–C–C–N with tert-alkyl or cyclic N) is 1. The molecule has 0 unspecified atom stereocenters. The number of hydrogen-bond acceptors (Lipinski definition) is 7. The van der Waals surface area contributed by atoms with Crippen molar-refractivity contribution in [3.05, 3.63) is 58.6 Å². The molecule has 9 heteroatoms. The van der Waals surface area contributed by atoms with Gasteiger partial charge in [0.25, 0.3) is 5.91 Å². The van der Waals surface area contributed by atoms with Crippen LogP contribution in [0.25, 0.3) is 22.2 Å². The molecule has 1 aliphatic heterocycles. The predicted molar refractivity (Wildman–Crippen MR) is 121 cm³/mol. The molecule has 3 atom stereocenters. The smallest absolute Gasteiger partial charge is 0.408 e. The summed E-state index contributed by atoms with van der Waals surface area (Å²) in [5.41, 5.74) is 2.99. The molecule has 1 saturated heterocycles. The third-order valence-electron chi connectivity index (χ3n) is 5.71. The summed E-state index contributed by atoms with van der Waals surface area (Å²) in [5, 5.41) is 25.3. The van der Waals surface area contributed by atoms with Crippen LogP contribution in [-0.4, -0.2) is 53.0 Å². The summed E-state index contributed by atoms with van der Waals surface area (Å²) in [4.78, 5) is 24.3. The van der Waals surface area contributed by atoms with Gasteiger partial charge in [-0.1, -0.05) is 30.3 Å². The molecule has 33 heavy (non-hydrogen) atoms. The lowest BCUT2D eigenvalue weighted by molar-refractivity contribution is -0.135. The molecule has 1 aliphatic rings. The second-order valence-corrected chi connectivity index (χ2v) is 8.63. The Morgan fingerprint density at radius 3 is 2.79 bits per heavy atom. The molecule has 1 aromatic heterocycles. The first-order valence-electron chi connectivity index (χ1n) is 10.7. The first kappa shape index (κ1) is 22.7. The average Bonchev–Trinajstić information content (AvgIpc) is 2.95. The van der Waals surface area contributed by atoms with Gasteiger partial charge in [0, 0.05) is 26.6 Å². The molecule has 4 rings (SSSR count). The van der Waals surface area contributed by atoms with Crippen molar-refractivity contribution in [1.29, 1.82) is 5.26 Å². The fraction of sp³-hybridized carbons (Fsp3) is 0.375. The maximum atomic E-state index is 12.6. The number of carbonyl (C=O) groups is 1. The summed E-state index contributed by atoms with van der Waals surface area (Å²) in [6.45, 7) is 2.27. The quantitative estimate of drug-likeness (QED) is 0.531. The lowest BCUT2D eigenvalue weighted by Crippen LogP contribution is -2.46. The molecule has 0 aliphatic carbocycles. The monoisotopic (exact) mass is 450 g/mol. The van der Waals surface area contributed by atoms with Crippen LogP contribution in [0.5, 0.6) is 0 Å². The number of ether oxygens (including phenoxy) is 1.